The van der Waals surface area contributed by atoms with Gasteiger partial charge in [-0.05, 0) is 30.7 Å². The molecule has 3 aromatic rings. The van der Waals surface area contributed by atoms with Gasteiger partial charge in [-0.1, -0.05) is 54.1 Å². The van der Waals surface area contributed by atoms with Crippen LogP contribution in [0.15, 0.2) is 60.2 Å². The molecule has 2 aromatic carbocycles. The predicted molar refractivity (Wildman–Crippen MR) is 111 cm³/mol. The fourth-order valence-electron chi connectivity index (χ4n) is 2.91. The number of alkyl halides is 3. The van der Waals surface area contributed by atoms with Crippen LogP contribution in [0, 0.1) is 18.3 Å². The summed E-state index contributed by atoms with van der Waals surface area (Å²) < 4.78 is 41.0. The summed E-state index contributed by atoms with van der Waals surface area (Å²) in [6.45, 7) is 2.03. The molecule has 3 rings (SSSR count). The first kappa shape index (κ1) is 22.1. The average Bonchev–Trinajstić information content (AvgIpc) is 2.99. The van der Waals surface area contributed by atoms with E-state index in [1.807, 2.05) is 30.3 Å². The zero-order valence-corrected chi connectivity index (χ0v) is 17.0. The van der Waals surface area contributed by atoms with Crippen molar-refractivity contribution in [3.05, 3.63) is 87.7 Å². The molecule has 5 nitrogen and oxygen atoms in total. The number of hydrogen-bond donors (Lipinski definition) is 1. The Labute approximate surface area is 181 Å². The molecular weight excluding hydrogens is 429 g/mol. The number of carbonyl (C=O) groups excluding carboxylic acids is 1. The summed E-state index contributed by atoms with van der Waals surface area (Å²) in [7, 11) is 0. The maximum Gasteiger partial charge on any atom is 0.418 e. The first-order chi connectivity index (χ1) is 14.7. The van der Waals surface area contributed by atoms with Crippen molar-refractivity contribution in [3.8, 4) is 6.07 Å². The van der Waals surface area contributed by atoms with E-state index in [1.165, 1.54) is 22.9 Å². The van der Waals surface area contributed by atoms with Gasteiger partial charge in [0.15, 0.2) is 0 Å². The first-order valence-corrected chi connectivity index (χ1v) is 9.44. The Balaban J connectivity index is 1.89. The normalized spacial score (nSPS) is 11.8. The van der Waals surface area contributed by atoms with Gasteiger partial charge in [0.25, 0.3) is 5.91 Å². The minimum atomic E-state index is -4.65. The molecule has 0 spiro atoms. The smallest absolute Gasteiger partial charge is 0.321 e. The van der Waals surface area contributed by atoms with Crippen LogP contribution in [0.5, 0.6) is 0 Å². The van der Waals surface area contributed by atoms with E-state index in [2.05, 4.69) is 10.4 Å². The molecule has 0 aliphatic carbocycles. The first-order valence-electron chi connectivity index (χ1n) is 9.07. The molecule has 1 amide bonds. The second kappa shape index (κ2) is 9.06. The molecule has 0 saturated carbocycles. The molecule has 9 heteroatoms. The predicted octanol–water partition coefficient (Wildman–Crippen LogP) is 5.46. The summed E-state index contributed by atoms with van der Waals surface area (Å²) in [5.74, 6) is -0.981. The maximum atomic E-state index is 13.2. The summed E-state index contributed by atoms with van der Waals surface area (Å²) in [6, 6.07) is 15.7. The van der Waals surface area contributed by atoms with Crippen molar-refractivity contribution < 1.29 is 18.0 Å². The average molecular weight is 445 g/mol. The fourth-order valence-corrected chi connectivity index (χ4v) is 3.20. The molecular formula is C22H16ClF3N4O. The number of rotatable bonds is 5. The van der Waals surface area contributed by atoms with Crippen molar-refractivity contribution >= 4 is 29.3 Å². The highest BCUT2D eigenvalue weighted by atomic mass is 35.5. The van der Waals surface area contributed by atoms with Crippen LogP contribution >= 0.6 is 11.6 Å². The zero-order valence-electron chi connectivity index (χ0n) is 16.2. The van der Waals surface area contributed by atoms with Crippen LogP contribution in [0.2, 0.25) is 5.15 Å². The standard InChI is InChI=1S/C22H16ClF3N4O/c1-14-17(20(23)30(29-14)13-15-7-3-2-4-8-15)11-16(12-27)21(31)28-19-10-6-5-9-18(19)22(24,25)26/h2-11H,13H2,1H3,(H,28,31)/b16-11+. The van der Waals surface area contributed by atoms with E-state index in [1.54, 1.807) is 13.0 Å². The van der Waals surface area contributed by atoms with Gasteiger partial charge in [0.1, 0.15) is 16.8 Å². The van der Waals surface area contributed by atoms with Crippen molar-refractivity contribution in [3.63, 3.8) is 0 Å². The summed E-state index contributed by atoms with van der Waals surface area (Å²) in [4.78, 5) is 12.5. The van der Waals surface area contributed by atoms with Crippen LogP contribution in [0.3, 0.4) is 0 Å². The summed E-state index contributed by atoms with van der Waals surface area (Å²) >= 11 is 6.40. The van der Waals surface area contributed by atoms with E-state index >= 15 is 0 Å². The Morgan fingerprint density at radius 1 is 1.19 bits per heavy atom. The number of para-hydroxylation sites is 1. The van der Waals surface area contributed by atoms with Crippen molar-refractivity contribution in [1.82, 2.24) is 9.78 Å². The summed E-state index contributed by atoms with van der Waals surface area (Å²) in [6.07, 6.45) is -3.43. The number of amides is 1. The van der Waals surface area contributed by atoms with Crippen LogP contribution in [0.1, 0.15) is 22.4 Å². The second-order valence-corrected chi connectivity index (χ2v) is 6.96. The molecule has 1 aromatic heterocycles. The van der Waals surface area contributed by atoms with E-state index in [0.29, 0.717) is 17.8 Å². The Hall–Kier alpha value is -3.57. The molecule has 0 aliphatic rings. The number of benzene rings is 2. The molecule has 1 N–H and O–H groups in total. The number of halogens is 4. The number of nitriles is 1. The lowest BCUT2D eigenvalue weighted by Gasteiger charge is -2.13. The number of nitrogens with zero attached hydrogens (tertiary/aromatic N) is 3. The van der Waals surface area contributed by atoms with Gasteiger partial charge in [-0.15, -0.1) is 0 Å². The molecule has 0 bridgehead atoms. The minimum absolute atomic E-state index is 0.206. The highest BCUT2D eigenvalue weighted by molar-refractivity contribution is 6.31. The van der Waals surface area contributed by atoms with Crippen LogP contribution in [0.4, 0.5) is 18.9 Å². The van der Waals surface area contributed by atoms with Gasteiger partial charge in [0.2, 0.25) is 0 Å². The Kier molecular flexibility index (Phi) is 6.47. The minimum Gasteiger partial charge on any atom is -0.321 e. The summed E-state index contributed by atoms with van der Waals surface area (Å²) in [5, 5.41) is 16.1. The monoisotopic (exact) mass is 444 g/mol. The molecule has 158 valence electrons. The number of carbonyl (C=O) groups is 1. The molecule has 0 aliphatic heterocycles. The number of nitrogens with one attached hydrogen (secondary N) is 1. The second-order valence-electron chi connectivity index (χ2n) is 6.60. The fraction of sp³-hybridized carbons (Fsp3) is 0.136. The lowest BCUT2D eigenvalue weighted by Crippen LogP contribution is -2.17. The van der Waals surface area contributed by atoms with Gasteiger partial charge in [-0.25, -0.2) is 4.68 Å². The van der Waals surface area contributed by atoms with E-state index in [9.17, 15) is 23.2 Å². The number of hydrogen-bond acceptors (Lipinski definition) is 3. The van der Waals surface area contributed by atoms with Gasteiger partial charge >= 0.3 is 6.18 Å². The molecule has 0 unspecified atom stereocenters. The van der Waals surface area contributed by atoms with Crippen LogP contribution in [0.25, 0.3) is 6.08 Å². The zero-order chi connectivity index (χ0) is 22.6. The summed E-state index contributed by atoms with van der Waals surface area (Å²) in [5.41, 5.74) is -0.0921. The number of anilines is 1. The largest absolute Gasteiger partial charge is 0.418 e. The quantitative estimate of drug-likeness (QED) is 0.419. The van der Waals surface area contributed by atoms with Crippen LogP contribution < -0.4 is 5.32 Å². The number of aryl methyl sites for hydroxylation is 1. The van der Waals surface area contributed by atoms with Gasteiger partial charge < -0.3 is 5.32 Å². The molecule has 0 fully saturated rings. The SMILES string of the molecule is Cc1nn(Cc2ccccc2)c(Cl)c1/C=C(\C#N)C(=O)Nc1ccccc1C(F)(F)F. The third-order valence-electron chi connectivity index (χ3n) is 4.42. The van der Waals surface area contributed by atoms with Gasteiger partial charge in [-0.2, -0.15) is 23.5 Å². The van der Waals surface area contributed by atoms with Gasteiger partial charge in [0.05, 0.1) is 23.5 Å². The molecule has 0 saturated heterocycles. The third kappa shape index (κ3) is 5.13. The van der Waals surface area contributed by atoms with Crippen molar-refractivity contribution in [2.75, 3.05) is 5.32 Å². The number of aromatic nitrogens is 2. The highest BCUT2D eigenvalue weighted by Gasteiger charge is 2.33. The van der Waals surface area contributed by atoms with Crippen molar-refractivity contribution in [1.29, 1.82) is 5.26 Å². The molecule has 1 heterocycles. The van der Waals surface area contributed by atoms with E-state index in [-0.39, 0.29) is 5.15 Å². The lowest BCUT2D eigenvalue weighted by atomic mass is 10.1. The van der Waals surface area contributed by atoms with Gasteiger partial charge in [0, 0.05) is 5.56 Å². The highest BCUT2D eigenvalue weighted by Crippen LogP contribution is 2.34. The van der Waals surface area contributed by atoms with Crippen LogP contribution in [-0.2, 0) is 17.5 Å². The Morgan fingerprint density at radius 2 is 1.84 bits per heavy atom. The van der Waals surface area contributed by atoms with Crippen molar-refractivity contribution in [2.45, 2.75) is 19.6 Å². The molecule has 0 atom stereocenters. The maximum absolute atomic E-state index is 13.2. The van der Waals surface area contributed by atoms with Gasteiger partial charge in [-0.3, -0.25) is 4.79 Å². The van der Waals surface area contributed by atoms with Crippen molar-refractivity contribution in [2.24, 2.45) is 0 Å². The Bertz CT molecular complexity index is 1180. The lowest BCUT2D eigenvalue weighted by molar-refractivity contribution is -0.137. The van der Waals surface area contributed by atoms with E-state index in [4.69, 9.17) is 11.6 Å². The van der Waals surface area contributed by atoms with E-state index < -0.39 is 28.9 Å². The Morgan fingerprint density at radius 3 is 2.48 bits per heavy atom. The molecule has 31 heavy (non-hydrogen) atoms. The molecule has 0 radical (unpaired) electrons. The third-order valence-corrected chi connectivity index (χ3v) is 4.82. The topological polar surface area (TPSA) is 70.7 Å². The van der Waals surface area contributed by atoms with E-state index in [0.717, 1.165) is 17.7 Å². The van der Waals surface area contributed by atoms with Crippen LogP contribution in [-0.4, -0.2) is 15.7 Å².